The highest BCUT2D eigenvalue weighted by molar-refractivity contribution is 5.85. The molecular formula is C20H23N3O. The summed E-state index contributed by atoms with van der Waals surface area (Å²) in [5, 5.41) is 3.41. The van der Waals surface area contributed by atoms with Gasteiger partial charge in [0.1, 0.15) is 5.75 Å². The van der Waals surface area contributed by atoms with Crippen LogP contribution in [0.5, 0.6) is 5.75 Å². The van der Waals surface area contributed by atoms with E-state index in [0.29, 0.717) is 0 Å². The summed E-state index contributed by atoms with van der Waals surface area (Å²) in [7, 11) is 0. The Labute approximate surface area is 143 Å². The fourth-order valence-corrected chi connectivity index (χ4v) is 3.76. The Balaban J connectivity index is 1.83. The number of aromatic nitrogens is 1. The molecule has 0 saturated carbocycles. The molecule has 4 nitrogen and oxygen atoms in total. The van der Waals surface area contributed by atoms with Crippen LogP contribution in [0.15, 0.2) is 35.5 Å². The van der Waals surface area contributed by atoms with Gasteiger partial charge in [-0.15, -0.1) is 0 Å². The molecule has 3 heterocycles. The number of ether oxygens (including phenoxy) is 1. The van der Waals surface area contributed by atoms with E-state index < -0.39 is 0 Å². The van der Waals surface area contributed by atoms with E-state index in [2.05, 4.69) is 42.4 Å². The molecule has 2 aliphatic rings. The Morgan fingerprint density at radius 2 is 2.21 bits per heavy atom. The van der Waals surface area contributed by atoms with Gasteiger partial charge in [-0.05, 0) is 31.0 Å². The highest BCUT2D eigenvalue weighted by Crippen LogP contribution is 2.40. The summed E-state index contributed by atoms with van der Waals surface area (Å²) < 4.78 is 6.00. The van der Waals surface area contributed by atoms with Crippen molar-refractivity contribution in [3.8, 4) is 5.75 Å². The number of aryl methyl sites for hydroxylation is 2. The topological polar surface area (TPSA) is 46.5 Å². The first kappa shape index (κ1) is 15.2. The Morgan fingerprint density at radius 3 is 3.00 bits per heavy atom. The van der Waals surface area contributed by atoms with Crippen molar-refractivity contribution < 1.29 is 4.74 Å². The normalized spacial score (nSPS) is 17.0. The van der Waals surface area contributed by atoms with Crippen molar-refractivity contribution in [3.63, 3.8) is 0 Å². The lowest BCUT2D eigenvalue weighted by atomic mass is 9.86. The van der Waals surface area contributed by atoms with Crippen LogP contribution < -0.4 is 10.1 Å². The highest BCUT2D eigenvalue weighted by Gasteiger charge is 2.27. The maximum Gasteiger partial charge on any atom is 0.126 e. The first-order valence-electron chi connectivity index (χ1n) is 8.67. The summed E-state index contributed by atoms with van der Waals surface area (Å²) in [6, 6.07) is 8.65. The molecule has 0 spiro atoms. The van der Waals surface area contributed by atoms with Gasteiger partial charge in [0.05, 0.1) is 24.7 Å². The zero-order valence-electron chi connectivity index (χ0n) is 14.3. The van der Waals surface area contributed by atoms with Crippen LogP contribution >= 0.6 is 0 Å². The summed E-state index contributed by atoms with van der Waals surface area (Å²) in [6.07, 6.45) is 3.73. The highest BCUT2D eigenvalue weighted by atomic mass is 16.5. The average molecular weight is 321 g/mol. The number of hydrogen-bond acceptors (Lipinski definition) is 4. The van der Waals surface area contributed by atoms with Gasteiger partial charge in [-0.2, -0.15) is 0 Å². The van der Waals surface area contributed by atoms with Gasteiger partial charge in [0, 0.05) is 37.1 Å². The molecule has 1 unspecified atom stereocenters. The maximum atomic E-state index is 6.00. The molecule has 0 bridgehead atoms. The molecule has 1 aromatic carbocycles. The van der Waals surface area contributed by atoms with Crippen molar-refractivity contribution in [1.29, 1.82) is 0 Å². The Hall–Kier alpha value is -2.36. The van der Waals surface area contributed by atoms with Gasteiger partial charge in [0.25, 0.3) is 0 Å². The number of nitrogens with zero attached hydrogens (tertiary/aromatic N) is 2. The molecule has 0 amide bonds. The van der Waals surface area contributed by atoms with E-state index in [1.807, 2.05) is 12.3 Å². The molecule has 4 rings (SSSR count). The number of pyridine rings is 1. The second-order valence-corrected chi connectivity index (χ2v) is 6.66. The number of aliphatic imine (C=N–C) groups is 1. The number of rotatable bonds is 4. The van der Waals surface area contributed by atoms with Gasteiger partial charge >= 0.3 is 0 Å². The van der Waals surface area contributed by atoms with Crippen molar-refractivity contribution in [1.82, 2.24) is 10.3 Å². The monoisotopic (exact) mass is 321 g/mol. The quantitative estimate of drug-likeness (QED) is 0.941. The molecule has 0 fully saturated rings. The summed E-state index contributed by atoms with van der Waals surface area (Å²) in [4.78, 5) is 9.32. The number of amidine groups is 1. The van der Waals surface area contributed by atoms with Crippen LogP contribution in [0.2, 0.25) is 0 Å². The number of nitrogens with one attached hydrogen (secondary N) is 1. The van der Waals surface area contributed by atoms with Gasteiger partial charge < -0.3 is 10.1 Å². The van der Waals surface area contributed by atoms with E-state index in [9.17, 15) is 0 Å². The Kier molecular flexibility index (Phi) is 3.97. The third-order valence-electron chi connectivity index (χ3n) is 4.85. The Morgan fingerprint density at radius 1 is 1.29 bits per heavy atom. The van der Waals surface area contributed by atoms with Crippen LogP contribution in [0.3, 0.4) is 0 Å². The third-order valence-corrected chi connectivity index (χ3v) is 4.85. The lowest BCUT2D eigenvalue weighted by Crippen LogP contribution is -2.22. The molecule has 2 aliphatic heterocycles. The predicted molar refractivity (Wildman–Crippen MR) is 96.1 cm³/mol. The molecule has 4 heteroatoms. The van der Waals surface area contributed by atoms with E-state index in [1.165, 1.54) is 22.3 Å². The summed E-state index contributed by atoms with van der Waals surface area (Å²) in [5.41, 5.74) is 6.20. The largest absolute Gasteiger partial charge is 0.493 e. The first-order chi connectivity index (χ1) is 11.7. The maximum absolute atomic E-state index is 6.00. The standard InChI is InChI=1S/C20H23N3O/c1-13-10-15-5-9-24-20(15)17(11-13)16(12-18-21-7-8-22-18)19-14(2)4-3-6-23-19/h3-4,6,10-11,16H,5,7-9,12H2,1-2H3,(H,21,22). The minimum atomic E-state index is 0.169. The molecule has 1 atom stereocenters. The molecule has 0 aliphatic carbocycles. The van der Waals surface area contributed by atoms with Crippen molar-refractivity contribution in [3.05, 3.63) is 58.4 Å². The summed E-state index contributed by atoms with van der Waals surface area (Å²) in [6.45, 7) is 6.88. The van der Waals surface area contributed by atoms with Crippen LogP contribution in [0, 0.1) is 13.8 Å². The van der Waals surface area contributed by atoms with E-state index in [1.54, 1.807) is 0 Å². The minimum absolute atomic E-state index is 0.169. The van der Waals surface area contributed by atoms with E-state index >= 15 is 0 Å². The summed E-state index contributed by atoms with van der Waals surface area (Å²) >= 11 is 0. The van der Waals surface area contributed by atoms with Gasteiger partial charge in [-0.3, -0.25) is 9.98 Å². The lowest BCUT2D eigenvalue weighted by Gasteiger charge is -2.22. The molecule has 124 valence electrons. The van der Waals surface area contributed by atoms with Crippen molar-refractivity contribution >= 4 is 5.84 Å². The average Bonchev–Trinajstić information content (AvgIpc) is 3.24. The van der Waals surface area contributed by atoms with Crippen LogP contribution in [0.25, 0.3) is 0 Å². The van der Waals surface area contributed by atoms with Crippen LogP contribution in [-0.4, -0.2) is 30.5 Å². The number of hydrogen-bond donors (Lipinski definition) is 1. The van der Waals surface area contributed by atoms with E-state index in [4.69, 9.17) is 9.72 Å². The van der Waals surface area contributed by atoms with Gasteiger partial charge in [0.2, 0.25) is 0 Å². The van der Waals surface area contributed by atoms with Gasteiger partial charge in [-0.25, -0.2) is 0 Å². The van der Waals surface area contributed by atoms with Crippen molar-refractivity contribution in [2.75, 3.05) is 19.7 Å². The van der Waals surface area contributed by atoms with Gasteiger partial charge in [-0.1, -0.05) is 23.8 Å². The first-order valence-corrected chi connectivity index (χ1v) is 8.67. The van der Waals surface area contributed by atoms with Gasteiger partial charge in [0.15, 0.2) is 0 Å². The predicted octanol–water partition coefficient (Wildman–Crippen LogP) is 3.16. The third kappa shape index (κ3) is 2.77. The fraction of sp³-hybridized carbons (Fsp3) is 0.400. The van der Waals surface area contributed by atoms with Crippen LogP contribution in [0.1, 0.15) is 40.3 Å². The Bertz CT molecular complexity index is 797. The molecule has 0 radical (unpaired) electrons. The molecule has 1 N–H and O–H groups in total. The van der Waals surface area contributed by atoms with E-state index in [-0.39, 0.29) is 5.92 Å². The molecular weight excluding hydrogens is 298 g/mol. The van der Waals surface area contributed by atoms with Crippen molar-refractivity contribution in [2.24, 2.45) is 4.99 Å². The van der Waals surface area contributed by atoms with Crippen LogP contribution in [-0.2, 0) is 6.42 Å². The molecule has 2 aromatic rings. The molecule has 0 saturated heterocycles. The number of fused-ring (bicyclic) bond motifs is 1. The number of benzene rings is 1. The fourth-order valence-electron chi connectivity index (χ4n) is 3.76. The zero-order valence-corrected chi connectivity index (χ0v) is 14.3. The molecule has 24 heavy (non-hydrogen) atoms. The zero-order chi connectivity index (χ0) is 16.5. The molecule has 1 aromatic heterocycles. The minimum Gasteiger partial charge on any atom is -0.493 e. The second kappa shape index (κ2) is 6.27. The smallest absolute Gasteiger partial charge is 0.126 e. The lowest BCUT2D eigenvalue weighted by molar-refractivity contribution is 0.352. The van der Waals surface area contributed by atoms with E-state index in [0.717, 1.165) is 49.8 Å². The second-order valence-electron chi connectivity index (χ2n) is 6.66. The van der Waals surface area contributed by atoms with Crippen LogP contribution in [0.4, 0.5) is 0 Å². The SMILES string of the molecule is Cc1cc2c(c(C(CC3=NCCN3)c3ncccc3C)c1)OCC2. The van der Waals surface area contributed by atoms with Crippen molar-refractivity contribution in [2.45, 2.75) is 32.6 Å². The summed E-state index contributed by atoms with van der Waals surface area (Å²) in [5.74, 6) is 2.31.